The van der Waals surface area contributed by atoms with Crippen molar-refractivity contribution >= 4 is 28.0 Å². The quantitative estimate of drug-likeness (QED) is 0.700. The van der Waals surface area contributed by atoms with Crippen LogP contribution in [0.5, 0.6) is 0 Å². The van der Waals surface area contributed by atoms with E-state index in [2.05, 4.69) is 4.98 Å². The molecule has 0 saturated carbocycles. The van der Waals surface area contributed by atoms with Crippen molar-refractivity contribution in [1.82, 2.24) is 9.38 Å². The van der Waals surface area contributed by atoms with E-state index in [0.717, 1.165) is 27.1 Å². The van der Waals surface area contributed by atoms with Crippen LogP contribution in [0.2, 0.25) is 5.02 Å². The standard InChI is InChI=1S/C12H10ClN3/c13-10-3-1-2-8-4-5-16-7-9(6-14)15-12(16)11(8)10/h1-5,7H,6,14H2. The predicted octanol–water partition coefficient (Wildman–Crippen LogP) is 2.60. The number of hydrogen-bond donors (Lipinski definition) is 1. The minimum atomic E-state index is 0.438. The van der Waals surface area contributed by atoms with Crippen molar-refractivity contribution in [3.8, 4) is 0 Å². The molecule has 0 aliphatic carbocycles. The van der Waals surface area contributed by atoms with Gasteiger partial charge in [0.1, 0.15) is 5.65 Å². The molecular weight excluding hydrogens is 222 g/mol. The van der Waals surface area contributed by atoms with E-state index >= 15 is 0 Å². The van der Waals surface area contributed by atoms with E-state index in [1.165, 1.54) is 0 Å². The first-order valence-electron chi connectivity index (χ1n) is 5.04. The van der Waals surface area contributed by atoms with Gasteiger partial charge in [-0.05, 0) is 17.5 Å². The summed E-state index contributed by atoms with van der Waals surface area (Å²) >= 11 is 6.20. The Balaban J connectivity index is 2.51. The van der Waals surface area contributed by atoms with E-state index in [4.69, 9.17) is 17.3 Å². The molecular formula is C12H10ClN3. The second kappa shape index (κ2) is 3.47. The molecule has 3 aromatic rings. The number of nitrogens with zero attached hydrogens (tertiary/aromatic N) is 2. The highest BCUT2D eigenvalue weighted by molar-refractivity contribution is 6.36. The van der Waals surface area contributed by atoms with Gasteiger partial charge >= 0.3 is 0 Å². The average molecular weight is 232 g/mol. The molecule has 0 bridgehead atoms. The van der Waals surface area contributed by atoms with Gasteiger partial charge < -0.3 is 10.1 Å². The summed E-state index contributed by atoms with van der Waals surface area (Å²) in [6.45, 7) is 0.438. The number of rotatable bonds is 1. The minimum Gasteiger partial charge on any atom is -0.325 e. The SMILES string of the molecule is NCc1cn2ccc3cccc(Cl)c3c2n1. The fourth-order valence-corrected chi connectivity index (χ4v) is 2.18. The van der Waals surface area contributed by atoms with Crippen molar-refractivity contribution in [3.63, 3.8) is 0 Å². The highest BCUT2D eigenvalue weighted by atomic mass is 35.5. The van der Waals surface area contributed by atoms with Crippen molar-refractivity contribution in [2.24, 2.45) is 5.73 Å². The molecule has 4 heteroatoms. The third-order valence-electron chi connectivity index (χ3n) is 2.68. The van der Waals surface area contributed by atoms with Crippen molar-refractivity contribution in [1.29, 1.82) is 0 Å². The molecule has 2 N–H and O–H groups in total. The molecule has 0 unspecified atom stereocenters. The van der Waals surface area contributed by atoms with Crippen LogP contribution in [0.4, 0.5) is 0 Å². The van der Waals surface area contributed by atoms with E-state index in [9.17, 15) is 0 Å². The van der Waals surface area contributed by atoms with Gasteiger partial charge in [0.2, 0.25) is 0 Å². The molecule has 2 heterocycles. The fourth-order valence-electron chi connectivity index (χ4n) is 1.92. The average Bonchev–Trinajstić information content (AvgIpc) is 2.72. The fraction of sp³-hybridized carbons (Fsp3) is 0.0833. The van der Waals surface area contributed by atoms with Crippen LogP contribution in [-0.4, -0.2) is 9.38 Å². The summed E-state index contributed by atoms with van der Waals surface area (Å²) in [5, 5.41) is 2.79. The van der Waals surface area contributed by atoms with E-state index in [1.54, 1.807) is 0 Å². The van der Waals surface area contributed by atoms with Gasteiger partial charge in [-0.3, -0.25) is 0 Å². The summed E-state index contributed by atoms with van der Waals surface area (Å²) in [7, 11) is 0. The summed E-state index contributed by atoms with van der Waals surface area (Å²) in [6.07, 6.45) is 3.90. The van der Waals surface area contributed by atoms with Gasteiger partial charge in [0.05, 0.1) is 10.7 Å². The lowest BCUT2D eigenvalue weighted by Gasteiger charge is -2.01. The predicted molar refractivity (Wildman–Crippen MR) is 65.6 cm³/mol. The number of benzene rings is 1. The molecule has 0 atom stereocenters. The zero-order chi connectivity index (χ0) is 11.1. The van der Waals surface area contributed by atoms with Gasteiger partial charge in [-0.2, -0.15) is 0 Å². The molecule has 0 aliphatic rings. The summed E-state index contributed by atoms with van der Waals surface area (Å²) in [4.78, 5) is 4.47. The minimum absolute atomic E-state index is 0.438. The van der Waals surface area contributed by atoms with E-state index < -0.39 is 0 Å². The first-order chi connectivity index (χ1) is 7.79. The zero-order valence-electron chi connectivity index (χ0n) is 8.52. The lowest BCUT2D eigenvalue weighted by atomic mass is 10.2. The largest absolute Gasteiger partial charge is 0.325 e. The monoisotopic (exact) mass is 231 g/mol. The maximum absolute atomic E-state index is 6.20. The van der Waals surface area contributed by atoms with Crippen LogP contribution in [0.25, 0.3) is 16.4 Å². The molecule has 0 fully saturated rings. The molecule has 80 valence electrons. The Labute approximate surface area is 97.5 Å². The highest BCUT2D eigenvalue weighted by Gasteiger charge is 2.07. The lowest BCUT2D eigenvalue weighted by molar-refractivity contribution is 1.02. The van der Waals surface area contributed by atoms with Gasteiger partial charge in [0.25, 0.3) is 0 Å². The van der Waals surface area contributed by atoms with Crippen molar-refractivity contribution < 1.29 is 0 Å². The Morgan fingerprint density at radius 1 is 1.31 bits per heavy atom. The molecule has 3 nitrogen and oxygen atoms in total. The summed E-state index contributed by atoms with van der Waals surface area (Å²) in [6, 6.07) is 7.86. The van der Waals surface area contributed by atoms with Crippen LogP contribution in [0.3, 0.4) is 0 Å². The van der Waals surface area contributed by atoms with Crippen LogP contribution in [0.1, 0.15) is 5.69 Å². The molecule has 0 spiro atoms. The number of halogens is 1. The van der Waals surface area contributed by atoms with Gasteiger partial charge in [0, 0.05) is 24.3 Å². The second-order valence-corrected chi connectivity index (χ2v) is 4.09. The first-order valence-corrected chi connectivity index (χ1v) is 5.42. The summed E-state index contributed by atoms with van der Waals surface area (Å²) in [5.41, 5.74) is 7.32. The number of fused-ring (bicyclic) bond motifs is 3. The van der Waals surface area contributed by atoms with Gasteiger partial charge in [-0.25, -0.2) is 4.98 Å². The number of hydrogen-bond acceptors (Lipinski definition) is 2. The number of nitrogens with two attached hydrogens (primary N) is 1. The van der Waals surface area contributed by atoms with Crippen molar-refractivity contribution in [2.75, 3.05) is 0 Å². The maximum Gasteiger partial charge on any atom is 0.146 e. The molecule has 0 radical (unpaired) electrons. The molecule has 0 saturated heterocycles. The molecule has 2 aromatic heterocycles. The molecule has 16 heavy (non-hydrogen) atoms. The second-order valence-electron chi connectivity index (χ2n) is 3.69. The van der Waals surface area contributed by atoms with Crippen LogP contribution in [-0.2, 0) is 6.54 Å². The molecule has 3 rings (SSSR count). The van der Waals surface area contributed by atoms with Crippen LogP contribution in [0, 0.1) is 0 Å². The third-order valence-corrected chi connectivity index (χ3v) is 2.99. The van der Waals surface area contributed by atoms with Gasteiger partial charge in [-0.1, -0.05) is 23.7 Å². The topological polar surface area (TPSA) is 43.3 Å². The smallest absolute Gasteiger partial charge is 0.146 e. The van der Waals surface area contributed by atoms with Gasteiger partial charge in [0.15, 0.2) is 0 Å². The lowest BCUT2D eigenvalue weighted by Crippen LogP contribution is -1.95. The van der Waals surface area contributed by atoms with Crippen LogP contribution >= 0.6 is 11.6 Å². The van der Waals surface area contributed by atoms with Crippen LogP contribution < -0.4 is 5.73 Å². The Bertz CT molecular complexity index is 672. The number of aromatic nitrogens is 2. The normalized spacial score (nSPS) is 11.4. The maximum atomic E-state index is 6.20. The Morgan fingerprint density at radius 3 is 3.00 bits per heavy atom. The Morgan fingerprint density at radius 2 is 2.19 bits per heavy atom. The first kappa shape index (κ1) is 9.63. The number of pyridine rings is 1. The Hall–Kier alpha value is -1.58. The zero-order valence-corrected chi connectivity index (χ0v) is 9.28. The highest BCUT2D eigenvalue weighted by Crippen LogP contribution is 2.27. The molecule has 0 aliphatic heterocycles. The van der Waals surface area contributed by atoms with E-state index in [-0.39, 0.29) is 0 Å². The van der Waals surface area contributed by atoms with Crippen LogP contribution in [0.15, 0.2) is 36.7 Å². The third kappa shape index (κ3) is 1.29. The Kier molecular flexibility index (Phi) is 2.09. The van der Waals surface area contributed by atoms with Crippen molar-refractivity contribution in [2.45, 2.75) is 6.54 Å². The summed E-state index contributed by atoms with van der Waals surface area (Å²) in [5.74, 6) is 0. The van der Waals surface area contributed by atoms with E-state index in [0.29, 0.717) is 6.54 Å². The number of imidazole rings is 1. The van der Waals surface area contributed by atoms with E-state index in [1.807, 2.05) is 41.1 Å². The molecule has 0 amide bonds. The van der Waals surface area contributed by atoms with Crippen molar-refractivity contribution in [3.05, 3.63) is 47.4 Å². The molecule has 1 aromatic carbocycles. The summed E-state index contributed by atoms with van der Waals surface area (Å²) < 4.78 is 1.95. The van der Waals surface area contributed by atoms with Gasteiger partial charge in [-0.15, -0.1) is 0 Å².